The summed E-state index contributed by atoms with van der Waals surface area (Å²) in [5, 5.41) is 7.09. The number of aromatic amines is 1. The van der Waals surface area contributed by atoms with Gasteiger partial charge in [0.2, 0.25) is 5.75 Å². The molecule has 0 amide bonds. The van der Waals surface area contributed by atoms with Gasteiger partial charge in [0.25, 0.3) is 5.56 Å². The van der Waals surface area contributed by atoms with Gasteiger partial charge in [-0.3, -0.25) is 9.48 Å². The second kappa shape index (κ2) is 5.15. The minimum absolute atomic E-state index is 0.188. The molecule has 2 N–H and O–H groups in total. The van der Waals surface area contributed by atoms with Crippen molar-refractivity contribution in [1.29, 1.82) is 0 Å². The Labute approximate surface area is 97.5 Å². The molecule has 0 atom stereocenters. The molecule has 7 nitrogen and oxygen atoms in total. The Balaban J connectivity index is 1.99. The van der Waals surface area contributed by atoms with Crippen LogP contribution in [0.2, 0.25) is 0 Å². The van der Waals surface area contributed by atoms with Crippen molar-refractivity contribution in [3.8, 4) is 5.75 Å². The van der Waals surface area contributed by atoms with Gasteiger partial charge < -0.3 is 15.0 Å². The number of hydrogen-bond donors (Lipinski definition) is 2. The van der Waals surface area contributed by atoms with E-state index in [1.54, 1.807) is 10.9 Å². The summed E-state index contributed by atoms with van der Waals surface area (Å²) in [5.74, 6) is 0.622. The summed E-state index contributed by atoms with van der Waals surface area (Å²) < 4.78 is 6.76. The lowest BCUT2D eigenvalue weighted by Gasteiger charge is -2.08. The van der Waals surface area contributed by atoms with E-state index in [1.165, 1.54) is 13.4 Å². The van der Waals surface area contributed by atoms with Crippen LogP contribution in [0.5, 0.6) is 5.75 Å². The highest BCUT2D eigenvalue weighted by Gasteiger charge is 2.07. The van der Waals surface area contributed by atoms with Crippen molar-refractivity contribution in [3.63, 3.8) is 0 Å². The van der Waals surface area contributed by atoms with Crippen LogP contribution in [0.3, 0.4) is 0 Å². The molecule has 0 aliphatic rings. The van der Waals surface area contributed by atoms with Gasteiger partial charge in [-0.2, -0.15) is 5.10 Å². The minimum atomic E-state index is -0.302. The summed E-state index contributed by atoms with van der Waals surface area (Å²) in [7, 11) is 1.44. The fourth-order valence-corrected chi connectivity index (χ4v) is 1.42. The van der Waals surface area contributed by atoms with Crippen LogP contribution in [0.15, 0.2) is 29.6 Å². The lowest BCUT2D eigenvalue weighted by atomic mass is 10.5. The van der Waals surface area contributed by atoms with E-state index in [2.05, 4.69) is 20.4 Å². The Bertz CT molecular complexity index is 520. The summed E-state index contributed by atoms with van der Waals surface area (Å²) in [6.07, 6.45) is 4.91. The Morgan fingerprint density at radius 1 is 1.59 bits per heavy atom. The summed E-state index contributed by atoms with van der Waals surface area (Å²) in [4.78, 5) is 17.8. The fourth-order valence-electron chi connectivity index (χ4n) is 1.42. The van der Waals surface area contributed by atoms with Crippen LogP contribution in [-0.4, -0.2) is 33.4 Å². The Hall–Kier alpha value is -2.31. The summed E-state index contributed by atoms with van der Waals surface area (Å²) in [6.45, 7) is 1.29. The molecular weight excluding hydrogens is 222 g/mol. The average molecular weight is 235 g/mol. The molecule has 0 aromatic carbocycles. The molecule has 0 spiro atoms. The van der Waals surface area contributed by atoms with Crippen molar-refractivity contribution in [2.45, 2.75) is 6.54 Å². The van der Waals surface area contributed by atoms with Crippen LogP contribution in [0.25, 0.3) is 0 Å². The third-order valence-electron chi connectivity index (χ3n) is 2.21. The topological polar surface area (TPSA) is 84.8 Å². The zero-order chi connectivity index (χ0) is 12.1. The lowest BCUT2D eigenvalue weighted by Crippen LogP contribution is -2.17. The zero-order valence-electron chi connectivity index (χ0n) is 9.38. The highest BCUT2D eigenvalue weighted by atomic mass is 16.5. The van der Waals surface area contributed by atoms with Gasteiger partial charge in [0.1, 0.15) is 0 Å². The van der Waals surface area contributed by atoms with Gasteiger partial charge in [-0.25, -0.2) is 4.98 Å². The van der Waals surface area contributed by atoms with Crippen molar-refractivity contribution in [1.82, 2.24) is 19.7 Å². The van der Waals surface area contributed by atoms with Crippen LogP contribution < -0.4 is 15.6 Å². The van der Waals surface area contributed by atoms with E-state index in [0.717, 1.165) is 0 Å². The third kappa shape index (κ3) is 2.63. The second-order valence-electron chi connectivity index (χ2n) is 3.31. The van der Waals surface area contributed by atoms with Gasteiger partial charge in [0, 0.05) is 18.9 Å². The SMILES string of the molecule is COc1c(NCCn2cccn2)nc[nH]c1=O. The van der Waals surface area contributed by atoms with Crippen molar-refractivity contribution in [2.75, 3.05) is 19.0 Å². The van der Waals surface area contributed by atoms with Crippen molar-refractivity contribution in [2.24, 2.45) is 0 Å². The van der Waals surface area contributed by atoms with E-state index in [0.29, 0.717) is 18.9 Å². The first kappa shape index (κ1) is 11.2. The maximum Gasteiger partial charge on any atom is 0.295 e. The van der Waals surface area contributed by atoms with Crippen LogP contribution in [-0.2, 0) is 6.54 Å². The molecular formula is C10H13N5O2. The molecule has 0 aliphatic heterocycles. The van der Waals surface area contributed by atoms with Gasteiger partial charge in [-0.1, -0.05) is 0 Å². The van der Waals surface area contributed by atoms with Gasteiger partial charge >= 0.3 is 0 Å². The third-order valence-corrected chi connectivity index (χ3v) is 2.21. The first-order chi connectivity index (χ1) is 8.31. The maximum absolute atomic E-state index is 11.4. The highest BCUT2D eigenvalue weighted by Crippen LogP contribution is 2.13. The van der Waals surface area contributed by atoms with Crippen LogP contribution >= 0.6 is 0 Å². The van der Waals surface area contributed by atoms with Gasteiger partial charge in [0.05, 0.1) is 20.0 Å². The predicted molar refractivity (Wildman–Crippen MR) is 62.1 cm³/mol. The van der Waals surface area contributed by atoms with Gasteiger partial charge in [-0.05, 0) is 6.07 Å². The number of H-pyrrole nitrogens is 1. The van der Waals surface area contributed by atoms with E-state index < -0.39 is 0 Å². The zero-order valence-corrected chi connectivity index (χ0v) is 9.38. The molecule has 17 heavy (non-hydrogen) atoms. The van der Waals surface area contributed by atoms with E-state index in [9.17, 15) is 4.79 Å². The number of aromatic nitrogens is 4. The molecule has 2 rings (SSSR count). The average Bonchev–Trinajstić information content (AvgIpc) is 2.82. The summed E-state index contributed by atoms with van der Waals surface area (Å²) in [6, 6.07) is 1.85. The minimum Gasteiger partial charge on any atom is -0.489 e. The fraction of sp³-hybridized carbons (Fsp3) is 0.300. The van der Waals surface area contributed by atoms with Gasteiger partial charge in [0.15, 0.2) is 5.82 Å². The van der Waals surface area contributed by atoms with Crippen LogP contribution in [0.1, 0.15) is 0 Å². The molecule has 0 fully saturated rings. The molecule has 0 aliphatic carbocycles. The molecule has 7 heteroatoms. The number of nitrogens with zero attached hydrogens (tertiary/aromatic N) is 3. The van der Waals surface area contributed by atoms with E-state index in [4.69, 9.17) is 4.74 Å². The molecule has 2 aromatic heterocycles. The van der Waals surface area contributed by atoms with Crippen molar-refractivity contribution >= 4 is 5.82 Å². The predicted octanol–water partition coefficient (Wildman–Crippen LogP) is 0.0871. The molecule has 0 saturated heterocycles. The Morgan fingerprint density at radius 2 is 2.47 bits per heavy atom. The maximum atomic E-state index is 11.4. The molecule has 0 saturated carbocycles. The van der Waals surface area contributed by atoms with Crippen LogP contribution in [0, 0.1) is 0 Å². The number of ether oxygens (including phenoxy) is 1. The van der Waals surface area contributed by atoms with E-state index in [1.807, 2.05) is 12.3 Å². The highest BCUT2D eigenvalue weighted by molar-refractivity contribution is 5.47. The number of hydrogen-bond acceptors (Lipinski definition) is 5. The lowest BCUT2D eigenvalue weighted by molar-refractivity contribution is 0.408. The number of nitrogens with one attached hydrogen (secondary N) is 2. The molecule has 90 valence electrons. The number of anilines is 1. The number of rotatable bonds is 5. The molecule has 0 radical (unpaired) electrons. The molecule has 2 heterocycles. The van der Waals surface area contributed by atoms with Crippen LogP contribution in [0.4, 0.5) is 5.82 Å². The van der Waals surface area contributed by atoms with E-state index >= 15 is 0 Å². The quantitative estimate of drug-likeness (QED) is 0.767. The monoisotopic (exact) mass is 235 g/mol. The molecule has 0 unspecified atom stereocenters. The number of methoxy groups -OCH3 is 1. The van der Waals surface area contributed by atoms with Crippen molar-refractivity contribution < 1.29 is 4.74 Å². The standard InChI is InChI=1S/C10H13N5O2/c1-17-8-9(12-7-13-10(8)16)11-4-6-15-5-2-3-14-15/h2-3,5,7H,4,6H2,1H3,(H2,11,12,13,16). The van der Waals surface area contributed by atoms with Crippen molar-refractivity contribution in [3.05, 3.63) is 35.1 Å². The first-order valence-electron chi connectivity index (χ1n) is 5.14. The normalized spacial score (nSPS) is 10.2. The van der Waals surface area contributed by atoms with E-state index in [-0.39, 0.29) is 11.3 Å². The molecule has 2 aromatic rings. The Kier molecular flexibility index (Phi) is 3.39. The summed E-state index contributed by atoms with van der Waals surface area (Å²) in [5.41, 5.74) is -0.302. The second-order valence-corrected chi connectivity index (χ2v) is 3.31. The van der Waals surface area contributed by atoms with Gasteiger partial charge in [-0.15, -0.1) is 0 Å². The Morgan fingerprint density at radius 3 is 3.18 bits per heavy atom. The smallest absolute Gasteiger partial charge is 0.295 e. The molecule has 0 bridgehead atoms. The summed E-state index contributed by atoms with van der Waals surface area (Å²) >= 11 is 0. The first-order valence-corrected chi connectivity index (χ1v) is 5.14. The largest absolute Gasteiger partial charge is 0.489 e.